The average Bonchev–Trinajstić information content (AvgIpc) is 2.77. The van der Waals surface area contributed by atoms with Gasteiger partial charge in [-0.1, -0.05) is 48.5 Å². The Balaban J connectivity index is 0.00000341. The fourth-order valence-corrected chi connectivity index (χ4v) is 3.29. The fraction of sp³-hybridized carbons (Fsp3) is 0.280. The molecule has 0 aliphatic rings. The maximum Gasteiger partial charge on any atom is 0.253 e. The molecule has 0 aromatic heterocycles. The van der Waals surface area contributed by atoms with Gasteiger partial charge in [-0.2, -0.15) is 0 Å². The number of benzene rings is 3. The first kappa shape index (κ1) is 24.7. The third kappa shape index (κ3) is 7.24. The van der Waals surface area contributed by atoms with Gasteiger partial charge in [0, 0.05) is 32.7 Å². The summed E-state index contributed by atoms with van der Waals surface area (Å²) in [7, 11) is 3.54. The molecule has 0 saturated heterocycles. The summed E-state index contributed by atoms with van der Waals surface area (Å²) < 4.78 is 0. The van der Waals surface area contributed by atoms with Crippen LogP contribution in [0.2, 0.25) is 0 Å². The van der Waals surface area contributed by atoms with E-state index in [-0.39, 0.29) is 29.9 Å². The molecule has 0 unspecified atom stereocenters. The summed E-state index contributed by atoms with van der Waals surface area (Å²) in [4.78, 5) is 18.5. The van der Waals surface area contributed by atoms with E-state index in [9.17, 15) is 4.79 Å². The molecular formula is C25H31IN4O. The highest BCUT2D eigenvalue weighted by atomic mass is 127. The van der Waals surface area contributed by atoms with E-state index < -0.39 is 0 Å². The number of guanidine groups is 1. The van der Waals surface area contributed by atoms with Crippen molar-refractivity contribution in [2.45, 2.75) is 19.9 Å². The number of amides is 1. The van der Waals surface area contributed by atoms with Crippen LogP contribution >= 0.6 is 24.0 Å². The monoisotopic (exact) mass is 530 g/mol. The van der Waals surface area contributed by atoms with E-state index in [0.717, 1.165) is 36.6 Å². The lowest BCUT2D eigenvalue weighted by Crippen LogP contribution is -2.38. The molecule has 3 rings (SSSR count). The average molecular weight is 530 g/mol. The molecule has 0 aliphatic heterocycles. The summed E-state index contributed by atoms with van der Waals surface area (Å²) in [6.45, 7) is 4.22. The Morgan fingerprint density at radius 3 is 2.42 bits per heavy atom. The minimum Gasteiger partial charge on any atom is -0.357 e. The molecular weight excluding hydrogens is 499 g/mol. The van der Waals surface area contributed by atoms with Crippen molar-refractivity contribution in [3.05, 3.63) is 83.4 Å². The Bertz CT molecular complexity index is 1030. The molecule has 31 heavy (non-hydrogen) atoms. The molecule has 0 saturated carbocycles. The Labute approximate surface area is 202 Å². The van der Waals surface area contributed by atoms with Crippen LogP contribution in [0, 0.1) is 0 Å². The van der Waals surface area contributed by atoms with Gasteiger partial charge in [0.15, 0.2) is 5.96 Å². The van der Waals surface area contributed by atoms with Crippen LogP contribution in [0.4, 0.5) is 0 Å². The van der Waals surface area contributed by atoms with E-state index in [1.54, 1.807) is 19.0 Å². The number of hydrogen-bond acceptors (Lipinski definition) is 2. The lowest BCUT2D eigenvalue weighted by Gasteiger charge is -2.13. The number of rotatable bonds is 7. The molecule has 3 aromatic rings. The van der Waals surface area contributed by atoms with E-state index in [4.69, 9.17) is 4.99 Å². The second-order valence-electron chi connectivity index (χ2n) is 7.45. The lowest BCUT2D eigenvalue weighted by atomic mass is 10.1. The first-order chi connectivity index (χ1) is 14.6. The highest BCUT2D eigenvalue weighted by Gasteiger charge is 2.08. The maximum absolute atomic E-state index is 12.1. The van der Waals surface area contributed by atoms with Crippen molar-refractivity contribution in [1.82, 2.24) is 15.5 Å². The van der Waals surface area contributed by atoms with Crippen molar-refractivity contribution in [3.8, 4) is 0 Å². The Morgan fingerprint density at radius 2 is 1.68 bits per heavy atom. The molecule has 0 spiro atoms. The molecule has 0 atom stereocenters. The summed E-state index contributed by atoms with van der Waals surface area (Å²) in [5, 5.41) is 9.16. The summed E-state index contributed by atoms with van der Waals surface area (Å²) in [5.41, 5.74) is 3.02. The number of hydrogen-bond donors (Lipinski definition) is 2. The third-order valence-corrected chi connectivity index (χ3v) is 4.86. The number of halogens is 1. The Morgan fingerprint density at radius 1 is 0.903 bits per heavy atom. The molecule has 0 aliphatic carbocycles. The first-order valence-electron chi connectivity index (χ1n) is 10.4. The Hall–Kier alpha value is -2.61. The second-order valence-corrected chi connectivity index (χ2v) is 7.45. The summed E-state index contributed by atoms with van der Waals surface area (Å²) in [6.07, 6.45) is 0.814. The lowest BCUT2D eigenvalue weighted by molar-refractivity contribution is 0.0827. The van der Waals surface area contributed by atoms with Crippen LogP contribution in [0.25, 0.3) is 10.8 Å². The predicted molar refractivity (Wildman–Crippen MR) is 140 cm³/mol. The number of nitrogens with one attached hydrogen (secondary N) is 2. The van der Waals surface area contributed by atoms with Gasteiger partial charge in [-0.15, -0.1) is 24.0 Å². The van der Waals surface area contributed by atoms with E-state index in [0.29, 0.717) is 6.54 Å². The first-order valence-corrected chi connectivity index (χ1v) is 10.4. The molecule has 6 heteroatoms. The summed E-state index contributed by atoms with van der Waals surface area (Å²) >= 11 is 0. The number of aliphatic imine (C=N–C) groups is 1. The van der Waals surface area contributed by atoms with Crippen molar-refractivity contribution in [1.29, 1.82) is 0 Å². The van der Waals surface area contributed by atoms with Crippen molar-refractivity contribution in [2.24, 2.45) is 4.99 Å². The SMILES string of the molecule is CCNC(=NCc1ccc2ccccc2c1)NCCc1cccc(C(=O)N(C)C)c1.I. The highest BCUT2D eigenvalue weighted by Crippen LogP contribution is 2.16. The quantitative estimate of drug-likeness (QED) is 0.270. The van der Waals surface area contributed by atoms with Gasteiger partial charge in [0.1, 0.15) is 0 Å². The van der Waals surface area contributed by atoms with Gasteiger partial charge >= 0.3 is 0 Å². The van der Waals surface area contributed by atoms with E-state index in [1.807, 2.05) is 24.3 Å². The van der Waals surface area contributed by atoms with E-state index in [2.05, 4.69) is 60.0 Å². The van der Waals surface area contributed by atoms with Crippen LogP contribution in [0.5, 0.6) is 0 Å². The van der Waals surface area contributed by atoms with Gasteiger partial charge < -0.3 is 15.5 Å². The molecule has 5 nitrogen and oxygen atoms in total. The second kappa shape index (κ2) is 12.3. The highest BCUT2D eigenvalue weighted by molar-refractivity contribution is 14.0. The van der Waals surface area contributed by atoms with Gasteiger partial charge in [-0.05, 0) is 53.4 Å². The van der Waals surface area contributed by atoms with Crippen LogP contribution in [0.3, 0.4) is 0 Å². The maximum atomic E-state index is 12.1. The molecule has 164 valence electrons. The van der Waals surface area contributed by atoms with Crippen molar-refractivity contribution < 1.29 is 4.79 Å². The third-order valence-electron chi connectivity index (χ3n) is 4.86. The molecule has 0 fully saturated rings. The van der Waals surface area contributed by atoms with E-state index in [1.165, 1.54) is 16.3 Å². The summed E-state index contributed by atoms with van der Waals surface area (Å²) in [6, 6.07) is 22.6. The predicted octanol–water partition coefficient (Wildman–Crippen LogP) is 4.46. The zero-order valence-electron chi connectivity index (χ0n) is 18.4. The van der Waals surface area contributed by atoms with Crippen molar-refractivity contribution in [3.63, 3.8) is 0 Å². The fourth-order valence-electron chi connectivity index (χ4n) is 3.29. The van der Waals surface area contributed by atoms with Gasteiger partial charge in [0.2, 0.25) is 0 Å². The van der Waals surface area contributed by atoms with Crippen LogP contribution in [-0.4, -0.2) is 44.0 Å². The molecule has 0 radical (unpaired) electrons. The standard InChI is InChI=1S/C25H30N4O.HI/c1-4-26-25(28-18-20-12-13-21-9-5-6-10-22(21)17-20)27-15-14-19-8-7-11-23(16-19)24(30)29(2)3;/h5-13,16-17H,4,14-15,18H2,1-3H3,(H2,26,27,28);1H. The largest absolute Gasteiger partial charge is 0.357 e. The van der Waals surface area contributed by atoms with Gasteiger partial charge in [0.05, 0.1) is 6.54 Å². The molecule has 1 amide bonds. The number of nitrogens with zero attached hydrogens (tertiary/aromatic N) is 2. The van der Waals surface area contributed by atoms with Crippen molar-refractivity contribution in [2.75, 3.05) is 27.2 Å². The Kier molecular flexibility index (Phi) is 9.78. The van der Waals surface area contributed by atoms with Gasteiger partial charge in [0.25, 0.3) is 5.91 Å². The normalized spacial score (nSPS) is 11.0. The topological polar surface area (TPSA) is 56.7 Å². The molecule has 2 N–H and O–H groups in total. The molecule has 3 aromatic carbocycles. The smallest absolute Gasteiger partial charge is 0.253 e. The summed E-state index contributed by atoms with van der Waals surface area (Å²) in [5.74, 6) is 0.821. The number of fused-ring (bicyclic) bond motifs is 1. The van der Waals surface area contributed by atoms with Crippen LogP contribution in [0.15, 0.2) is 71.7 Å². The minimum absolute atomic E-state index is 0. The van der Waals surface area contributed by atoms with Crippen LogP contribution in [0.1, 0.15) is 28.4 Å². The van der Waals surface area contributed by atoms with Crippen LogP contribution < -0.4 is 10.6 Å². The molecule has 0 heterocycles. The van der Waals surface area contributed by atoms with Gasteiger partial charge in [-0.3, -0.25) is 4.79 Å². The zero-order valence-corrected chi connectivity index (χ0v) is 20.7. The number of carbonyl (C=O) groups is 1. The minimum atomic E-state index is 0. The van der Waals surface area contributed by atoms with Gasteiger partial charge in [-0.25, -0.2) is 4.99 Å². The van der Waals surface area contributed by atoms with E-state index >= 15 is 0 Å². The van der Waals surface area contributed by atoms with Crippen LogP contribution in [-0.2, 0) is 13.0 Å². The number of carbonyl (C=O) groups excluding carboxylic acids is 1. The van der Waals surface area contributed by atoms with Crippen molar-refractivity contribution >= 4 is 46.6 Å². The molecule has 0 bridgehead atoms. The zero-order chi connectivity index (χ0) is 21.3.